The molecule has 0 amide bonds. The van der Waals surface area contributed by atoms with E-state index >= 15 is 0 Å². The van der Waals surface area contributed by atoms with Gasteiger partial charge in [0.2, 0.25) is 0 Å². The summed E-state index contributed by atoms with van der Waals surface area (Å²) in [6, 6.07) is 14.5. The normalized spacial score (nSPS) is 14.2. The summed E-state index contributed by atoms with van der Waals surface area (Å²) in [6.07, 6.45) is 4.91. The number of hydrogen-bond acceptors (Lipinski definition) is 0. The van der Waals surface area contributed by atoms with E-state index in [-0.39, 0.29) is 0 Å². The largest absolute Gasteiger partial charge is 0.162 e. The fourth-order valence-electron chi connectivity index (χ4n) is 7.64. The highest BCUT2D eigenvalue weighted by Gasteiger charge is 2.40. The summed E-state index contributed by atoms with van der Waals surface area (Å²) in [4.78, 5) is 0. The molecule has 174 valence electrons. The molecule has 3 aromatic rings. The van der Waals surface area contributed by atoms with Crippen molar-refractivity contribution in [2.24, 2.45) is 0 Å². The zero-order valence-corrected chi connectivity index (χ0v) is 23.0. The van der Waals surface area contributed by atoms with Gasteiger partial charge in [-0.25, -0.2) is 0 Å². The standard InChI is InChI=1S/C31H41B3/c1-10-28-16-22(4)15-27(9)31(28)34-18-32(29-23(5)11-20(2)12-24(29)6)17-33(19-34)30-25(7)13-21(3)14-26(30)8/h11-16H,10,17-19H2,1-9H3. The van der Waals surface area contributed by atoms with Gasteiger partial charge in [-0.1, -0.05) is 128 Å². The van der Waals surface area contributed by atoms with Crippen molar-refractivity contribution < 1.29 is 0 Å². The van der Waals surface area contributed by atoms with Crippen LogP contribution in [0, 0.1) is 55.4 Å². The van der Waals surface area contributed by atoms with E-state index in [1.807, 2.05) is 0 Å². The van der Waals surface area contributed by atoms with Gasteiger partial charge in [-0.15, -0.1) is 0 Å². The maximum atomic E-state index is 2.45. The van der Waals surface area contributed by atoms with E-state index in [9.17, 15) is 0 Å². The maximum absolute atomic E-state index is 2.45. The van der Waals surface area contributed by atoms with E-state index in [4.69, 9.17) is 0 Å². The summed E-state index contributed by atoms with van der Waals surface area (Å²) in [5.74, 6) is 0. The number of rotatable bonds is 4. The van der Waals surface area contributed by atoms with Gasteiger partial charge in [-0.2, -0.15) is 0 Å². The molecule has 1 aliphatic rings. The molecule has 1 fully saturated rings. The van der Waals surface area contributed by atoms with Gasteiger partial charge < -0.3 is 0 Å². The molecule has 3 aromatic carbocycles. The van der Waals surface area contributed by atoms with E-state index in [0.29, 0.717) is 20.1 Å². The molecular formula is C31H41B3. The molecule has 34 heavy (non-hydrogen) atoms. The lowest BCUT2D eigenvalue weighted by Gasteiger charge is -2.35. The quantitative estimate of drug-likeness (QED) is 0.441. The van der Waals surface area contributed by atoms with Gasteiger partial charge >= 0.3 is 0 Å². The minimum absolute atomic E-state index is 0.606. The van der Waals surface area contributed by atoms with Gasteiger partial charge in [0, 0.05) is 0 Å². The Labute approximate surface area is 210 Å². The zero-order valence-electron chi connectivity index (χ0n) is 23.0. The molecular weight excluding hydrogens is 405 g/mol. The van der Waals surface area contributed by atoms with Crippen LogP contribution in [-0.2, 0) is 6.42 Å². The van der Waals surface area contributed by atoms with Gasteiger partial charge in [0.25, 0.3) is 0 Å². The molecule has 3 heteroatoms. The average molecular weight is 446 g/mol. The molecule has 0 nitrogen and oxygen atoms in total. The first-order valence-corrected chi connectivity index (χ1v) is 13.3. The van der Waals surface area contributed by atoms with Crippen molar-refractivity contribution in [3.8, 4) is 0 Å². The third kappa shape index (κ3) is 4.81. The molecule has 0 saturated carbocycles. The van der Waals surface area contributed by atoms with E-state index in [0.717, 1.165) is 6.42 Å². The predicted molar refractivity (Wildman–Crippen MR) is 157 cm³/mol. The molecule has 0 unspecified atom stereocenters. The number of aryl methyl sites for hydroxylation is 9. The Morgan fingerprint density at radius 3 is 1.12 bits per heavy atom. The topological polar surface area (TPSA) is 0 Å². The summed E-state index contributed by atoms with van der Waals surface area (Å²) < 4.78 is 0. The van der Waals surface area contributed by atoms with Crippen LogP contribution in [0.25, 0.3) is 0 Å². The first-order valence-electron chi connectivity index (χ1n) is 13.3. The Bertz CT molecular complexity index is 1110. The molecule has 0 bridgehead atoms. The highest BCUT2D eigenvalue weighted by molar-refractivity contribution is 7.06. The Morgan fingerprint density at radius 1 is 0.471 bits per heavy atom. The van der Waals surface area contributed by atoms with Crippen LogP contribution in [0.2, 0.25) is 18.7 Å². The Kier molecular flexibility index (Phi) is 7.23. The summed E-state index contributed by atoms with van der Waals surface area (Å²) in [6.45, 7) is 22.6. The molecule has 1 saturated heterocycles. The van der Waals surface area contributed by atoms with Crippen LogP contribution >= 0.6 is 0 Å². The van der Waals surface area contributed by atoms with Crippen molar-refractivity contribution in [3.63, 3.8) is 0 Å². The molecule has 1 heterocycles. The maximum Gasteiger partial charge on any atom is 0.162 e. The molecule has 0 atom stereocenters. The fraction of sp³-hybridized carbons (Fsp3) is 0.419. The summed E-state index contributed by atoms with van der Waals surface area (Å²) >= 11 is 0. The van der Waals surface area contributed by atoms with Crippen LogP contribution in [0.1, 0.15) is 57.0 Å². The van der Waals surface area contributed by atoms with Crippen LogP contribution in [-0.4, -0.2) is 20.1 Å². The van der Waals surface area contributed by atoms with Crippen molar-refractivity contribution in [1.82, 2.24) is 0 Å². The zero-order chi connectivity index (χ0) is 24.7. The SMILES string of the molecule is CCc1cc(C)cc(C)c1B1CB(c2c(C)cc(C)cc2C)CB(c2c(C)cc(C)cc2C)C1. The highest BCUT2D eigenvalue weighted by Crippen LogP contribution is 2.26. The summed E-state index contributed by atoms with van der Waals surface area (Å²) in [7, 11) is 0. The second kappa shape index (κ2) is 9.84. The van der Waals surface area contributed by atoms with Crippen molar-refractivity contribution >= 4 is 36.5 Å². The van der Waals surface area contributed by atoms with Crippen molar-refractivity contribution in [2.75, 3.05) is 0 Å². The lowest BCUT2D eigenvalue weighted by Crippen LogP contribution is -2.56. The van der Waals surface area contributed by atoms with Gasteiger partial charge in [-0.05, 0) is 61.8 Å². The van der Waals surface area contributed by atoms with Crippen LogP contribution in [0.3, 0.4) is 0 Å². The fourth-order valence-corrected chi connectivity index (χ4v) is 7.64. The Morgan fingerprint density at radius 2 is 0.765 bits per heavy atom. The number of hydrogen-bond donors (Lipinski definition) is 0. The molecule has 0 aliphatic carbocycles. The van der Waals surface area contributed by atoms with Gasteiger partial charge in [0.15, 0.2) is 20.1 Å². The highest BCUT2D eigenvalue weighted by atomic mass is 14.1. The average Bonchev–Trinajstić information content (AvgIpc) is 2.71. The van der Waals surface area contributed by atoms with E-state index < -0.39 is 0 Å². The first-order chi connectivity index (χ1) is 16.1. The minimum Gasteiger partial charge on any atom is -0.0870 e. The van der Waals surface area contributed by atoms with Crippen LogP contribution in [0.4, 0.5) is 0 Å². The van der Waals surface area contributed by atoms with Crippen molar-refractivity contribution in [2.45, 2.75) is 87.4 Å². The predicted octanol–water partition coefficient (Wildman–Crippen LogP) is 5.85. The molecule has 4 rings (SSSR count). The van der Waals surface area contributed by atoms with Gasteiger partial charge in [0.1, 0.15) is 0 Å². The van der Waals surface area contributed by atoms with Crippen LogP contribution in [0.15, 0.2) is 36.4 Å². The lowest BCUT2D eigenvalue weighted by atomic mass is 9.05. The molecule has 0 radical (unpaired) electrons. The van der Waals surface area contributed by atoms with Crippen molar-refractivity contribution in [1.29, 1.82) is 0 Å². The first kappa shape index (κ1) is 25.0. The molecule has 0 aromatic heterocycles. The Balaban J connectivity index is 1.86. The second-order valence-corrected chi connectivity index (χ2v) is 11.4. The lowest BCUT2D eigenvalue weighted by molar-refractivity contribution is 1.13. The van der Waals surface area contributed by atoms with Gasteiger partial charge in [-0.3, -0.25) is 0 Å². The van der Waals surface area contributed by atoms with E-state index in [1.54, 1.807) is 22.0 Å². The van der Waals surface area contributed by atoms with Gasteiger partial charge in [0.05, 0.1) is 0 Å². The summed E-state index contributed by atoms with van der Waals surface area (Å²) in [5.41, 5.74) is 18.0. The number of benzene rings is 3. The monoisotopic (exact) mass is 446 g/mol. The van der Waals surface area contributed by atoms with E-state index in [1.165, 1.54) is 63.2 Å². The third-order valence-electron chi connectivity index (χ3n) is 8.41. The van der Waals surface area contributed by atoms with Crippen molar-refractivity contribution in [3.05, 3.63) is 86.5 Å². The minimum atomic E-state index is 0.606. The van der Waals surface area contributed by atoms with Crippen LogP contribution < -0.4 is 16.4 Å². The smallest absolute Gasteiger partial charge is 0.0870 e. The van der Waals surface area contributed by atoms with E-state index in [2.05, 4.69) is 98.7 Å². The Hall–Kier alpha value is -2.15. The van der Waals surface area contributed by atoms with Crippen LogP contribution in [0.5, 0.6) is 0 Å². The summed E-state index contributed by atoms with van der Waals surface area (Å²) in [5, 5.41) is 0. The second-order valence-electron chi connectivity index (χ2n) is 11.4. The molecule has 0 N–H and O–H groups in total. The molecule has 1 aliphatic heterocycles. The third-order valence-corrected chi connectivity index (χ3v) is 8.41. The molecule has 0 spiro atoms.